The van der Waals surface area contributed by atoms with Gasteiger partial charge in [-0.15, -0.1) is 0 Å². The number of likely N-dealkylation sites (tertiary alicyclic amines) is 1. The molecule has 4 saturated heterocycles. The van der Waals surface area contributed by atoms with Gasteiger partial charge in [-0.05, 0) is 26.3 Å². The van der Waals surface area contributed by atoms with E-state index in [-0.39, 0.29) is 35.5 Å². The van der Waals surface area contributed by atoms with Crippen molar-refractivity contribution in [1.82, 2.24) is 29.8 Å². The molecule has 4 fully saturated rings. The second kappa shape index (κ2) is 22.3. The van der Waals surface area contributed by atoms with Crippen molar-refractivity contribution in [1.29, 1.82) is 0 Å². The highest BCUT2D eigenvalue weighted by Gasteiger charge is 2.22. The number of nitrogens with one attached hydrogen (secondary N) is 1. The van der Waals surface area contributed by atoms with Gasteiger partial charge in [0.1, 0.15) is 0 Å². The van der Waals surface area contributed by atoms with Gasteiger partial charge in [-0.25, -0.2) is 0 Å². The lowest BCUT2D eigenvalue weighted by atomic mass is 10.1. The van der Waals surface area contributed by atoms with Gasteiger partial charge in [0.15, 0.2) is 0 Å². The van der Waals surface area contributed by atoms with Crippen molar-refractivity contribution in [3.05, 3.63) is 0 Å². The molecule has 0 bridgehead atoms. The fourth-order valence-corrected chi connectivity index (χ4v) is 5.27. The first kappa shape index (κ1) is 40.8. The summed E-state index contributed by atoms with van der Waals surface area (Å²) in [6.07, 6.45) is 3.68. The van der Waals surface area contributed by atoms with Crippen LogP contribution < -0.4 is 5.32 Å². The van der Waals surface area contributed by atoms with E-state index in [1.807, 2.05) is 75.0 Å². The average molecular weight is 639 g/mol. The third-order valence-electron chi connectivity index (χ3n) is 8.21. The number of piperazine rings is 2. The first-order valence-electron chi connectivity index (χ1n) is 17.4. The fourth-order valence-electron chi connectivity index (χ4n) is 5.27. The molecule has 262 valence electrons. The minimum atomic E-state index is 0.119. The van der Waals surface area contributed by atoms with Crippen molar-refractivity contribution in [2.45, 2.75) is 74.7 Å². The normalized spacial score (nSPS) is 19.3. The van der Waals surface area contributed by atoms with Gasteiger partial charge in [0.2, 0.25) is 23.6 Å². The quantitative estimate of drug-likeness (QED) is 0.505. The van der Waals surface area contributed by atoms with Crippen LogP contribution in [-0.2, 0) is 23.9 Å². The number of likely N-dealkylation sites (N-methyl/N-ethyl adjacent to an activating group) is 1. The van der Waals surface area contributed by atoms with Gasteiger partial charge in [-0.3, -0.25) is 19.2 Å². The highest BCUT2D eigenvalue weighted by Crippen LogP contribution is 2.11. The summed E-state index contributed by atoms with van der Waals surface area (Å²) in [6, 6.07) is 0. The number of ether oxygens (including phenoxy) is 1. The van der Waals surface area contributed by atoms with Crippen molar-refractivity contribution in [3.63, 3.8) is 0 Å². The first-order valence-corrected chi connectivity index (χ1v) is 17.4. The number of carbonyl (C=O) groups is 4. The van der Waals surface area contributed by atoms with E-state index in [0.717, 1.165) is 78.5 Å². The van der Waals surface area contributed by atoms with Gasteiger partial charge in [-0.2, -0.15) is 0 Å². The summed E-state index contributed by atoms with van der Waals surface area (Å²) in [7, 11) is 2.09. The van der Waals surface area contributed by atoms with E-state index in [2.05, 4.69) is 17.3 Å². The summed E-state index contributed by atoms with van der Waals surface area (Å²) in [6.45, 7) is 27.9. The SMILES string of the molecule is CC(C)C(=O)N1CCCCC1.CC(C)C(=O)N1CCN(C)CC1.CC(C)C(=O)N1CCNCC1.CC(C)C(=O)N1CCOCC1. The summed E-state index contributed by atoms with van der Waals surface area (Å²) in [5.41, 5.74) is 0. The lowest BCUT2D eigenvalue weighted by Gasteiger charge is -2.33. The minimum absolute atomic E-state index is 0.119. The molecule has 0 radical (unpaired) electrons. The number of nitrogens with zero attached hydrogens (tertiary/aromatic N) is 5. The second-order valence-electron chi connectivity index (χ2n) is 13.6. The Morgan fingerprint density at radius 2 is 0.800 bits per heavy atom. The summed E-state index contributed by atoms with van der Waals surface area (Å²) in [5, 5.41) is 3.21. The monoisotopic (exact) mass is 639 g/mol. The maximum atomic E-state index is 11.5. The Balaban J connectivity index is 0.000000300. The lowest BCUT2D eigenvalue weighted by molar-refractivity contribution is -0.138. The smallest absolute Gasteiger partial charge is 0.225 e. The Morgan fingerprint density at radius 3 is 1.18 bits per heavy atom. The van der Waals surface area contributed by atoms with E-state index >= 15 is 0 Å². The van der Waals surface area contributed by atoms with Crippen molar-refractivity contribution >= 4 is 23.6 Å². The number of rotatable bonds is 4. The van der Waals surface area contributed by atoms with Crippen LogP contribution in [0.2, 0.25) is 0 Å². The number of piperidine rings is 1. The third kappa shape index (κ3) is 16.2. The molecule has 4 aliphatic heterocycles. The highest BCUT2D eigenvalue weighted by molar-refractivity contribution is 5.79. The van der Waals surface area contributed by atoms with Crippen LogP contribution in [0.25, 0.3) is 0 Å². The van der Waals surface area contributed by atoms with Crippen molar-refractivity contribution < 1.29 is 23.9 Å². The number of hydrogen-bond acceptors (Lipinski definition) is 7. The van der Waals surface area contributed by atoms with Gasteiger partial charge in [0.05, 0.1) is 13.2 Å². The average Bonchev–Trinajstić information content (AvgIpc) is 3.05. The number of morpholine rings is 1. The zero-order chi connectivity index (χ0) is 33.9. The van der Waals surface area contributed by atoms with E-state index in [1.165, 1.54) is 19.3 Å². The Labute approximate surface area is 274 Å². The predicted octanol–water partition coefficient (Wildman–Crippen LogP) is 2.65. The molecule has 0 aromatic rings. The van der Waals surface area contributed by atoms with E-state index in [4.69, 9.17) is 4.74 Å². The molecular formula is C34H66N6O5. The van der Waals surface area contributed by atoms with E-state index in [1.54, 1.807) is 0 Å². The molecule has 0 spiro atoms. The van der Waals surface area contributed by atoms with Crippen LogP contribution >= 0.6 is 0 Å². The molecule has 0 aliphatic carbocycles. The summed E-state index contributed by atoms with van der Waals surface area (Å²) >= 11 is 0. The van der Waals surface area contributed by atoms with Crippen LogP contribution in [0.4, 0.5) is 0 Å². The molecule has 4 heterocycles. The van der Waals surface area contributed by atoms with Crippen LogP contribution in [0.5, 0.6) is 0 Å². The van der Waals surface area contributed by atoms with Gasteiger partial charge >= 0.3 is 0 Å². The highest BCUT2D eigenvalue weighted by atomic mass is 16.5. The van der Waals surface area contributed by atoms with Crippen LogP contribution in [0.1, 0.15) is 74.7 Å². The molecule has 11 nitrogen and oxygen atoms in total. The standard InChI is InChI=1S/C9H18N2O.C9H17NO.C8H16N2O.C8H15NO2/c1-8(2)9(12)11-6-4-10(3)5-7-11;1-8(2)9(11)10-6-4-3-5-7-10;1-7(2)8(11)10-5-3-9-4-6-10;1-7(2)8(10)9-3-5-11-6-4-9/h8H,4-7H2,1-3H3;8H,3-7H2,1-2H3;7,9H,3-6H2,1-2H3;7H,3-6H2,1-2H3. The zero-order valence-corrected chi connectivity index (χ0v) is 30.1. The molecular weight excluding hydrogens is 572 g/mol. The molecule has 0 aromatic carbocycles. The predicted molar refractivity (Wildman–Crippen MR) is 181 cm³/mol. The molecule has 4 aliphatic rings. The number of amides is 4. The van der Waals surface area contributed by atoms with E-state index in [0.29, 0.717) is 25.0 Å². The molecule has 1 N–H and O–H groups in total. The summed E-state index contributed by atoms with van der Waals surface area (Å²) < 4.78 is 5.14. The van der Waals surface area contributed by atoms with Crippen LogP contribution in [0.15, 0.2) is 0 Å². The van der Waals surface area contributed by atoms with E-state index in [9.17, 15) is 19.2 Å². The molecule has 0 aromatic heterocycles. The molecule has 0 atom stereocenters. The molecule has 4 rings (SSSR count). The largest absolute Gasteiger partial charge is 0.378 e. The van der Waals surface area contributed by atoms with Gasteiger partial charge < -0.3 is 34.6 Å². The molecule has 0 saturated carbocycles. The first-order chi connectivity index (χ1) is 21.3. The van der Waals surface area contributed by atoms with Crippen molar-refractivity contribution in [2.75, 3.05) is 98.8 Å². The maximum absolute atomic E-state index is 11.5. The Bertz CT molecular complexity index is 774. The van der Waals surface area contributed by atoms with Crippen LogP contribution in [0, 0.1) is 23.7 Å². The van der Waals surface area contributed by atoms with Gasteiger partial charge in [0, 0.05) is 102 Å². The summed E-state index contributed by atoms with van der Waals surface area (Å²) in [4.78, 5) is 55.7. The summed E-state index contributed by atoms with van der Waals surface area (Å²) in [5.74, 6) is 1.73. The van der Waals surface area contributed by atoms with Gasteiger partial charge in [-0.1, -0.05) is 55.4 Å². The fraction of sp³-hybridized carbons (Fsp3) is 0.882. The van der Waals surface area contributed by atoms with Crippen LogP contribution in [0.3, 0.4) is 0 Å². The number of hydrogen-bond donors (Lipinski definition) is 1. The Hall–Kier alpha value is -2.24. The second-order valence-corrected chi connectivity index (χ2v) is 13.6. The maximum Gasteiger partial charge on any atom is 0.225 e. The Morgan fingerprint density at radius 1 is 0.467 bits per heavy atom. The van der Waals surface area contributed by atoms with E-state index < -0.39 is 0 Å². The third-order valence-corrected chi connectivity index (χ3v) is 8.21. The minimum Gasteiger partial charge on any atom is -0.378 e. The van der Waals surface area contributed by atoms with Crippen molar-refractivity contribution in [2.24, 2.45) is 23.7 Å². The number of carbonyl (C=O) groups excluding carboxylic acids is 4. The van der Waals surface area contributed by atoms with Crippen molar-refractivity contribution in [3.8, 4) is 0 Å². The molecule has 11 heteroatoms. The van der Waals surface area contributed by atoms with Crippen LogP contribution in [-0.4, -0.2) is 147 Å². The molecule has 4 amide bonds. The molecule has 45 heavy (non-hydrogen) atoms. The Kier molecular flexibility index (Phi) is 20.2. The zero-order valence-electron chi connectivity index (χ0n) is 30.1. The van der Waals surface area contributed by atoms with Gasteiger partial charge in [0.25, 0.3) is 0 Å². The lowest BCUT2D eigenvalue weighted by Crippen LogP contribution is -2.48. The topological polar surface area (TPSA) is 106 Å². The molecule has 0 unspecified atom stereocenters.